The number of hydrogen-bond acceptors (Lipinski definition) is 1. The minimum absolute atomic E-state index is 0.447. The number of nitrogens with two attached hydrogens (primary N) is 1. The van der Waals surface area contributed by atoms with Crippen LogP contribution < -0.4 is 5.32 Å². The fraction of sp³-hybridized carbons (Fsp3) is 0.143. The van der Waals surface area contributed by atoms with Gasteiger partial charge in [-0.25, -0.2) is 0 Å². The standard InChI is InChI=1S/C21H18Cl3NO/c22-18-8-4-16(5-9-18)21(26,17-6-10-19(23)11-7-17)14-25-13-15-2-1-3-20(24)12-15/h1-12,25-26H,13-14H2/p+1. The molecule has 0 atom stereocenters. The van der Waals surface area contributed by atoms with E-state index in [9.17, 15) is 5.11 Å². The molecule has 0 heterocycles. The molecule has 2 nitrogen and oxygen atoms in total. The highest BCUT2D eigenvalue weighted by Gasteiger charge is 2.33. The molecule has 3 aromatic rings. The number of benzene rings is 3. The van der Waals surface area contributed by atoms with Gasteiger partial charge in [0.25, 0.3) is 0 Å². The van der Waals surface area contributed by atoms with Gasteiger partial charge in [0.15, 0.2) is 5.60 Å². The van der Waals surface area contributed by atoms with E-state index >= 15 is 0 Å². The highest BCUT2D eigenvalue weighted by Crippen LogP contribution is 2.30. The summed E-state index contributed by atoms with van der Waals surface area (Å²) in [6.07, 6.45) is 0. The third kappa shape index (κ3) is 4.59. The van der Waals surface area contributed by atoms with Crippen LogP contribution in [0.2, 0.25) is 15.1 Å². The molecule has 0 unspecified atom stereocenters. The molecule has 3 aromatic carbocycles. The minimum atomic E-state index is -1.16. The summed E-state index contributed by atoms with van der Waals surface area (Å²) in [4.78, 5) is 0. The molecule has 134 valence electrons. The second kappa shape index (κ2) is 8.43. The second-order valence-corrected chi connectivity index (χ2v) is 7.51. The molecule has 0 amide bonds. The summed E-state index contributed by atoms with van der Waals surface area (Å²) >= 11 is 18.1. The predicted octanol–water partition coefficient (Wildman–Crippen LogP) is 4.65. The Labute approximate surface area is 168 Å². The first-order valence-electron chi connectivity index (χ1n) is 8.28. The van der Waals surface area contributed by atoms with E-state index in [1.165, 1.54) is 0 Å². The number of rotatable bonds is 6. The number of hydrogen-bond donors (Lipinski definition) is 2. The maximum absolute atomic E-state index is 11.5. The van der Waals surface area contributed by atoms with Crippen LogP contribution in [-0.2, 0) is 12.1 Å². The average Bonchev–Trinajstić information content (AvgIpc) is 2.63. The molecule has 0 fully saturated rings. The van der Waals surface area contributed by atoms with Gasteiger partial charge in [0.2, 0.25) is 0 Å². The van der Waals surface area contributed by atoms with Crippen molar-refractivity contribution in [3.63, 3.8) is 0 Å². The van der Waals surface area contributed by atoms with Crippen LogP contribution in [0.25, 0.3) is 0 Å². The van der Waals surface area contributed by atoms with Crippen LogP contribution in [0.5, 0.6) is 0 Å². The molecule has 0 saturated heterocycles. The van der Waals surface area contributed by atoms with E-state index < -0.39 is 5.60 Å². The molecule has 0 spiro atoms. The molecule has 0 aliphatic carbocycles. The molecule has 26 heavy (non-hydrogen) atoms. The fourth-order valence-electron chi connectivity index (χ4n) is 2.97. The third-order valence-corrected chi connectivity index (χ3v) is 5.09. The van der Waals surface area contributed by atoms with Crippen molar-refractivity contribution < 1.29 is 10.4 Å². The molecule has 3 rings (SSSR count). The molecule has 3 N–H and O–H groups in total. The van der Waals surface area contributed by atoms with E-state index in [0.29, 0.717) is 28.2 Å². The third-order valence-electron chi connectivity index (χ3n) is 4.35. The van der Waals surface area contributed by atoms with E-state index in [2.05, 4.69) is 5.32 Å². The summed E-state index contributed by atoms with van der Waals surface area (Å²) < 4.78 is 0. The van der Waals surface area contributed by atoms with E-state index in [-0.39, 0.29) is 0 Å². The van der Waals surface area contributed by atoms with Crippen LogP contribution in [0.1, 0.15) is 16.7 Å². The Hall–Kier alpha value is -1.55. The largest absolute Gasteiger partial charge is 0.375 e. The Morgan fingerprint density at radius 1 is 0.731 bits per heavy atom. The normalized spacial score (nSPS) is 11.5. The SMILES string of the molecule is OC(C[NH2+]Cc1cccc(Cl)c1)(c1ccc(Cl)cc1)c1ccc(Cl)cc1. The van der Waals surface area contributed by atoms with Crippen molar-refractivity contribution in [1.29, 1.82) is 0 Å². The van der Waals surface area contributed by atoms with Gasteiger partial charge >= 0.3 is 0 Å². The quantitative estimate of drug-likeness (QED) is 0.613. The highest BCUT2D eigenvalue weighted by molar-refractivity contribution is 6.31. The molecule has 5 heteroatoms. The first-order chi connectivity index (χ1) is 12.5. The minimum Gasteiger partial charge on any atom is -0.375 e. The Morgan fingerprint density at radius 3 is 1.77 bits per heavy atom. The van der Waals surface area contributed by atoms with Gasteiger partial charge < -0.3 is 10.4 Å². The van der Waals surface area contributed by atoms with E-state index in [0.717, 1.165) is 16.7 Å². The van der Waals surface area contributed by atoms with Crippen molar-refractivity contribution in [1.82, 2.24) is 0 Å². The number of halogens is 3. The maximum Gasteiger partial charge on any atom is 0.163 e. The van der Waals surface area contributed by atoms with Gasteiger partial charge in [-0.2, -0.15) is 0 Å². The molecule has 0 bridgehead atoms. The lowest BCUT2D eigenvalue weighted by Gasteiger charge is -2.28. The Balaban J connectivity index is 1.85. The van der Waals surface area contributed by atoms with Crippen LogP contribution >= 0.6 is 34.8 Å². The first kappa shape index (κ1) is 19.2. The van der Waals surface area contributed by atoms with Crippen molar-refractivity contribution in [3.05, 3.63) is 105 Å². The van der Waals surface area contributed by atoms with Crippen LogP contribution in [0.4, 0.5) is 0 Å². The van der Waals surface area contributed by atoms with Gasteiger partial charge in [0.1, 0.15) is 13.1 Å². The van der Waals surface area contributed by atoms with Crippen LogP contribution in [-0.4, -0.2) is 11.7 Å². The summed E-state index contributed by atoms with van der Waals surface area (Å²) in [6, 6.07) is 22.3. The van der Waals surface area contributed by atoms with Gasteiger partial charge in [-0.05, 0) is 47.5 Å². The molecular formula is C21H19Cl3NO+. The highest BCUT2D eigenvalue weighted by atomic mass is 35.5. The van der Waals surface area contributed by atoms with Gasteiger partial charge in [0.05, 0.1) is 0 Å². The van der Waals surface area contributed by atoms with Gasteiger partial charge in [-0.3, -0.25) is 0 Å². The number of aliphatic hydroxyl groups is 1. The van der Waals surface area contributed by atoms with Crippen molar-refractivity contribution in [2.24, 2.45) is 0 Å². The van der Waals surface area contributed by atoms with Gasteiger partial charge in [-0.15, -0.1) is 0 Å². The van der Waals surface area contributed by atoms with E-state index in [1.807, 2.05) is 48.5 Å². The Bertz CT molecular complexity index is 818. The van der Waals surface area contributed by atoms with Crippen molar-refractivity contribution >= 4 is 34.8 Å². The topological polar surface area (TPSA) is 36.8 Å². The Morgan fingerprint density at radius 2 is 1.27 bits per heavy atom. The van der Waals surface area contributed by atoms with E-state index in [4.69, 9.17) is 34.8 Å². The smallest absolute Gasteiger partial charge is 0.163 e. The molecular weight excluding hydrogens is 389 g/mol. The lowest BCUT2D eigenvalue weighted by atomic mass is 9.86. The summed E-state index contributed by atoms with van der Waals surface area (Å²) in [5.41, 5.74) is 1.51. The zero-order valence-electron chi connectivity index (χ0n) is 14.0. The lowest BCUT2D eigenvalue weighted by molar-refractivity contribution is -0.682. The van der Waals surface area contributed by atoms with Crippen LogP contribution in [0, 0.1) is 0 Å². The molecule has 0 aromatic heterocycles. The maximum atomic E-state index is 11.5. The lowest BCUT2D eigenvalue weighted by Crippen LogP contribution is -2.86. The van der Waals surface area contributed by atoms with Crippen LogP contribution in [0.15, 0.2) is 72.8 Å². The predicted molar refractivity (Wildman–Crippen MR) is 108 cm³/mol. The summed E-state index contributed by atoms with van der Waals surface area (Å²) in [5, 5.41) is 15.6. The van der Waals surface area contributed by atoms with Crippen molar-refractivity contribution in [3.8, 4) is 0 Å². The molecule has 0 aliphatic rings. The first-order valence-corrected chi connectivity index (χ1v) is 9.41. The number of quaternary nitrogens is 1. The van der Waals surface area contributed by atoms with Crippen molar-refractivity contribution in [2.75, 3.05) is 6.54 Å². The molecule has 0 radical (unpaired) electrons. The van der Waals surface area contributed by atoms with Gasteiger partial charge in [-0.1, -0.05) is 71.2 Å². The summed E-state index contributed by atoms with van der Waals surface area (Å²) in [7, 11) is 0. The zero-order chi connectivity index (χ0) is 18.6. The Kier molecular flexibility index (Phi) is 6.23. The second-order valence-electron chi connectivity index (χ2n) is 6.20. The summed E-state index contributed by atoms with van der Waals surface area (Å²) in [6.45, 7) is 1.16. The van der Waals surface area contributed by atoms with E-state index in [1.54, 1.807) is 24.3 Å². The zero-order valence-corrected chi connectivity index (χ0v) is 16.3. The molecule has 0 aliphatic heterocycles. The average molecular weight is 408 g/mol. The van der Waals surface area contributed by atoms with Crippen LogP contribution in [0.3, 0.4) is 0 Å². The summed E-state index contributed by atoms with van der Waals surface area (Å²) in [5.74, 6) is 0. The van der Waals surface area contributed by atoms with Crippen molar-refractivity contribution in [2.45, 2.75) is 12.1 Å². The monoisotopic (exact) mass is 406 g/mol. The van der Waals surface area contributed by atoms with Gasteiger partial charge in [0, 0.05) is 20.6 Å². The molecule has 0 saturated carbocycles. The fourth-order valence-corrected chi connectivity index (χ4v) is 3.43.